The van der Waals surface area contributed by atoms with Gasteiger partial charge in [-0.05, 0) is 42.8 Å². The monoisotopic (exact) mass is 258 g/mol. The smallest absolute Gasteiger partial charge is 0.229 e. The third kappa shape index (κ3) is 12.5. The van der Waals surface area contributed by atoms with Crippen molar-refractivity contribution >= 4 is 5.78 Å². The molecule has 2 heteroatoms. The van der Waals surface area contributed by atoms with Crippen LogP contribution in [0.5, 0.6) is 0 Å². The first-order valence-corrected chi connectivity index (χ1v) is 6.73. The second-order valence-electron chi connectivity index (χ2n) is 4.16. The van der Waals surface area contributed by atoms with E-state index >= 15 is 0 Å². The second kappa shape index (κ2) is 12.7. The Morgan fingerprint density at radius 2 is 2.00 bits per heavy atom. The molecule has 0 aliphatic carbocycles. The molecule has 0 spiro atoms. The lowest BCUT2D eigenvalue weighted by Crippen LogP contribution is -1.96. The molecular formula is C17H22O2. The van der Waals surface area contributed by atoms with E-state index in [4.69, 9.17) is 0 Å². The molecule has 0 radical (unpaired) electrons. The summed E-state index contributed by atoms with van der Waals surface area (Å²) in [5.41, 5.74) is 0. The highest BCUT2D eigenvalue weighted by Gasteiger charge is 1.90. The molecule has 0 heterocycles. The van der Waals surface area contributed by atoms with E-state index in [2.05, 4.69) is 37.2 Å². The summed E-state index contributed by atoms with van der Waals surface area (Å²) in [4.78, 5) is 10.7. The molecule has 1 atom stereocenters. The zero-order valence-corrected chi connectivity index (χ0v) is 11.6. The highest BCUT2D eigenvalue weighted by atomic mass is 16.3. The molecule has 102 valence electrons. The molecule has 0 aliphatic rings. The summed E-state index contributed by atoms with van der Waals surface area (Å²) in [6.07, 6.45) is 11.1. The summed E-state index contributed by atoms with van der Waals surface area (Å²) >= 11 is 0. The molecule has 1 unspecified atom stereocenters. The molecule has 0 saturated carbocycles. The number of carbonyl (C=O) groups is 1. The van der Waals surface area contributed by atoms with Crippen LogP contribution in [-0.2, 0) is 4.79 Å². The third-order valence-electron chi connectivity index (χ3n) is 2.45. The summed E-state index contributed by atoms with van der Waals surface area (Å²) in [7, 11) is 0. The number of hydrogen-bond acceptors (Lipinski definition) is 2. The van der Waals surface area contributed by atoms with E-state index in [1.807, 2.05) is 6.08 Å². The largest absolute Gasteiger partial charge is 0.377 e. The summed E-state index contributed by atoms with van der Waals surface area (Å²) < 4.78 is 0. The van der Waals surface area contributed by atoms with Crippen molar-refractivity contribution < 1.29 is 9.90 Å². The number of rotatable bonds is 8. The van der Waals surface area contributed by atoms with Gasteiger partial charge in [-0.25, -0.2) is 0 Å². The number of carbonyl (C=O) groups excluding carboxylic acids is 1. The predicted octanol–water partition coefficient (Wildman–Crippen LogP) is 3.03. The summed E-state index contributed by atoms with van der Waals surface area (Å²) in [5.74, 6) is 9.23. The average molecular weight is 258 g/mol. The second-order valence-corrected chi connectivity index (χ2v) is 4.16. The predicted molar refractivity (Wildman–Crippen MR) is 79.3 cm³/mol. The summed E-state index contributed by atoms with van der Waals surface area (Å²) in [5, 5.41) is 9.48. The molecule has 0 aromatic rings. The molecule has 2 nitrogen and oxygen atoms in total. The van der Waals surface area contributed by atoms with Crippen molar-refractivity contribution in [1.82, 2.24) is 0 Å². The van der Waals surface area contributed by atoms with Crippen molar-refractivity contribution in [2.45, 2.75) is 51.6 Å². The quantitative estimate of drug-likeness (QED) is 0.239. The normalized spacial score (nSPS) is 11.1. The fourth-order valence-electron chi connectivity index (χ4n) is 1.39. The van der Waals surface area contributed by atoms with E-state index in [9.17, 15) is 9.90 Å². The van der Waals surface area contributed by atoms with E-state index in [0.29, 0.717) is 0 Å². The first kappa shape index (κ1) is 17.2. The standard InChI is InChI=1S/C17H22O2/c1-3-5-6-7-8-9-10-14-17(19)15-12-11-13-16(18)4-2/h4,10,14,17,19H,2-3,5-9H2,1H3/b14-10+. The van der Waals surface area contributed by atoms with E-state index in [-0.39, 0.29) is 5.78 Å². The lowest BCUT2D eigenvalue weighted by Gasteiger charge is -1.96. The molecule has 0 bridgehead atoms. The molecule has 0 aromatic carbocycles. The van der Waals surface area contributed by atoms with Crippen LogP contribution in [0.25, 0.3) is 0 Å². The van der Waals surface area contributed by atoms with Crippen LogP contribution in [0, 0.1) is 23.7 Å². The molecule has 0 rings (SSSR count). The van der Waals surface area contributed by atoms with Crippen LogP contribution in [0.4, 0.5) is 0 Å². The highest BCUT2D eigenvalue weighted by molar-refractivity contribution is 6.04. The highest BCUT2D eigenvalue weighted by Crippen LogP contribution is 2.05. The minimum Gasteiger partial charge on any atom is -0.377 e. The zero-order chi connectivity index (χ0) is 14.3. The molecule has 0 aromatic heterocycles. The van der Waals surface area contributed by atoms with Crippen LogP contribution in [0.15, 0.2) is 24.8 Å². The van der Waals surface area contributed by atoms with Crippen molar-refractivity contribution in [2.24, 2.45) is 0 Å². The van der Waals surface area contributed by atoms with Crippen LogP contribution in [-0.4, -0.2) is 17.0 Å². The third-order valence-corrected chi connectivity index (χ3v) is 2.45. The fourth-order valence-corrected chi connectivity index (χ4v) is 1.39. The molecule has 0 saturated heterocycles. The van der Waals surface area contributed by atoms with Gasteiger partial charge in [0.2, 0.25) is 5.78 Å². The number of aliphatic hydroxyl groups is 1. The molecule has 19 heavy (non-hydrogen) atoms. The zero-order valence-electron chi connectivity index (χ0n) is 11.6. The van der Waals surface area contributed by atoms with Gasteiger partial charge in [0.15, 0.2) is 0 Å². The van der Waals surface area contributed by atoms with E-state index < -0.39 is 6.10 Å². The van der Waals surface area contributed by atoms with Crippen LogP contribution in [0.2, 0.25) is 0 Å². The van der Waals surface area contributed by atoms with Crippen molar-refractivity contribution in [3.8, 4) is 23.7 Å². The Morgan fingerprint density at radius 1 is 1.26 bits per heavy atom. The molecule has 0 aliphatic heterocycles. The maximum Gasteiger partial charge on any atom is 0.229 e. The lowest BCUT2D eigenvalue weighted by molar-refractivity contribution is -0.109. The number of allylic oxidation sites excluding steroid dienone is 2. The lowest BCUT2D eigenvalue weighted by atomic mass is 10.1. The SMILES string of the molecule is C=CC(=O)C#CC#CC(O)/C=C/CCCCCCC. The Balaban J connectivity index is 3.81. The Hall–Kier alpha value is -1.77. The van der Waals surface area contributed by atoms with Crippen molar-refractivity contribution in [2.75, 3.05) is 0 Å². The summed E-state index contributed by atoms with van der Waals surface area (Å²) in [6.45, 7) is 5.49. The van der Waals surface area contributed by atoms with Gasteiger partial charge in [-0.1, -0.05) is 51.2 Å². The Morgan fingerprint density at radius 3 is 2.68 bits per heavy atom. The summed E-state index contributed by atoms with van der Waals surface area (Å²) in [6, 6.07) is 0. The first-order chi connectivity index (χ1) is 9.20. The van der Waals surface area contributed by atoms with E-state index in [0.717, 1.165) is 18.9 Å². The van der Waals surface area contributed by atoms with Crippen LogP contribution < -0.4 is 0 Å². The van der Waals surface area contributed by atoms with Gasteiger partial charge in [-0.15, -0.1) is 0 Å². The molecular weight excluding hydrogens is 236 g/mol. The minimum atomic E-state index is -0.816. The Labute approximate surface area is 116 Å². The van der Waals surface area contributed by atoms with Gasteiger partial charge in [0.1, 0.15) is 6.10 Å². The van der Waals surface area contributed by atoms with Crippen LogP contribution >= 0.6 is 0 Å². The molecule has 0 fully saturated rings. The van der Waals surface area contributed by atoms with Crippen LogP contribution in [0.1, 0.15) is 45.4 Å². The van der Waals surface area contributed by atoms with Gasteiger partial charge in [0.05, 0.1) is 0 Å². The number of aliphatic hydroxyl groups excluding tert-OH is 1. The topological polar surface area (TPSA) is 37.3 Å². The average Bonchev–Trinajstić information content (AvgIpc) is 2.42. The van der Waals surface area contributed by atoms with E-state index in [1.54, 1.807) is 6.08 Å². The van der Waals surface area contributed by atoms with Gasteiger partial charge >= 0.3 is 0 Å². The Bertz CT molecular complexity index is 410. The number of hydrogen-bond donors (Lipinski definition) is 1. The number of ketones is 1. The molecule has 1 N–H and O–H groups in total. The van der Waals surface area contributed by atoms with Crippen molar-refractivity contribution in [1.29, 1.82) is 0 Å². The van der Waals surface area contributed by atoms with Gasteiger partial charge in [-0.3, -0.25) is 4.79 Å². The van der Waals surface area contributed by atoms with Gasteiger partial charge < -0.3 is 5.11 Å². The Kier molecular flexibility index (Phi) is 11.5. The van der Waals surface area contributed by atoms with Gasteiger partial charge in [-0.2, -0.15) is 0 Å². The maximum atomic E-state index is 10.7. The van der Waals surface area contributed by atoms with Crippen molar-refractivity contribution in [3.05, 3.63) is 24.8 Å². The van der Waals surface area contributed by atoms with Crippen molar-refractivity contribution in [3.63, 3.8) is 0 Å². The first-order valence-electron chi connectivity index (χ1n) is 6.73. The van der Waals surface area contributed by atoms with Crippen LogP contribution in [0.3, 0.4) is 0 Å². The maximum absolute atomic E-state index is 10.7. The van der Waals surface area contributed by atoms with Gasteiger partial charge in [0.25, 0.3) is 0 Å². The fraction of sp³-hybridized carbons (Fsp3) is 0.471. The van der Waals surface area contributed by atoms with E-state index in [1.165, 1.54) is 25.7 Å². The molecule has 0 amide bonds. The van der Waals surface area contributed by atoms with Gasteiger partial charge in [0, 0.05) is 0 Å². The minimum absolute atomic E-state index is 0.369. The number of unbranched alkanes of at least 4 members (excludes halogenated alkanes) is 5.